The van der Waals surface area contributed by atoms with E-state index < -0.39 is 12.1 Å². The standard InChI is InChI=1S/C28H32N4O5/c1-2-12-29-27(35)25-15-21(17-30-28(36)37-19-20-6-4-3-5-7-20)18-31(25)13-14-32-24-16-23(33)10-8-22(24)9-11-26(32)34/h2-11,16,21,25,33H,1,12-15,17-19H2,(H,29,35)(H,30,36)/t21-,25-/m0/s1. The first-order valence-electron chi connectivity index (χ1n) is 12.3. The first-order valence-corrected chi connectivity index (χ1v) is 12.3. The topological polar surface area (TPSA) is 113 Å². The maximum atomic E-state index is 12.9. The quantitative estimate of drug-likeness (QED) is 0.366. The maximum Gasteiger partial charge on any atom is 0.407 e. The fourth-order valence-corrected chi connectivity index (χ4v) is 4.69. The number of aromatic nitrogens is 1. The van der Waals surface area contributed by atoms with Gasteiger partial charge < -0.3 is 25.0 Å². The molecule has 3 N–H and O–H groups in total. The Hall–Kier alpha value is -4.11. The number of ether oxygens (including phenoxy) is 1. The molecule has 0 radical (unpaired) electrons. The lowest BCUT2D eigenvalue weighted by Crippen LogP contribution is -2.44. The van der Waals surface area contributed by atoms with Gasteiger partial charge in [-0.2, -0.15) is 0 Å². The fourth-order valence-electron chi connectivity index (χ4n) is 4.69. The largest absolute Gasteiger partial charge is 0.508 e. The van der Waals surface area contributed by atoms with Gasteiger partial charge in [0.2, 0.25) is 5.91 Å². The van der Waals surface area contributed by atoms with Crippen LogP contribution in [0.2, 0.25) is 0 Å². The predicted molar refractivity (Wildman–Crippen MR) is 141 cm³/mol. The highest BCUT2D eigenvalue weighted by molar-refractivity contribution is 5.82. The number of likely N-dealkylation sites (tertiary alicyclic amines) is 1. The number of phenols is 1. The number of aromatic hydroxyl groups is 1. The molecule has 1 fully saturated rings. The lowest BCUT2D eigenvalue weighted by molar-refractivity contribution is -0.125. The van der Waals surface area contributed by atoms with E-state index in [0.717, 1.165) is 10.9 Å². The fraction of sp³-hybridized carbons (Fsp3) is 0.321. The van der Waals surface area contributed by atoms with E-state index >= 15 is 0 Å². The van der Waals surface area contributed by atoms with Crippen molar-refractivity contribution in [2.75, 3.05) is 26.2 Å². The van der Waals surface area contributed by atoms with Gasteiger partial charge in [0.1, 0.15) is 12.4 Å². The molecule has 37 heavy (non-hydrogen) atoms. The van der Waals surface area contributed by atoms with Crippen LogP contribution in [0.25, 0.3) is 10.9 Å². The number of fused-ring (bicyclic) bond motifs is 1. The van der Waals surface area contributed by atoms with Gasteiger partial charge in [0.25, 0.3) is 5.56 Å². The molecule has 1 aliphatic rings. The minimum absolute atomic E-state index is 0.0389. The number of carbonyl (C=O) groups is 2. The molecular weight excluding hydrogens is 472 g/mol. The Morgan fingerprint density at radius 3 is 2.65 bits per heavy atom. The zero-order valence-corrected chi connectivity index (χ0v) is 20.6. The summed E-state index contributed by atoms with van der Waals surface area (Å²) in [6.45, 7) is 5.96. The number of amides is 2. The number of benzene rings is 2. The van der Waals surface area contributed by atoms with Gasteiger partial charge in [0, 0.05) is 44.9 Å². The number of nitrogens with zero attached hydrogens (tertiary/aromatic N) is 2. The molecule has 9 nitrogen and oxygen atoms in total. The second kappa shape index (κ2) is 12.2. The summed E-state index contributed by atoms with van der Waals surface area (Å²) < 4.78 is 6.91. The summed E-state index contributed by atoms with van der Waals surface area (Å²) in [5.74, 6) is 0.00833. The van der Waals surface area contributed by atoms with Crippen LogP contribution in [0.4, 0.5) is 4.79 Å². The number of alkyl carbamates (subject to hydrolysis) is 1. The average Bonchev–Trinajstić information content (AvgIpc) is 3.32. The van der Waals surface area contributed by atoms with Gasteiger partial charge in [-0.3, -0.25) is 14.5 Å². The maximum absolute atomic E-state index is 12.9. The summed E-state index contributed by atoms with van der Waals surface area (Å²) in [6.07, 6.45) is 1.69. The van der Waals surface area contributed by atoms with Crippen molar-refractivity contribution < 1.29 is 19.4 Å². The van der Waals surface area contributed by atoms with Crippen LogP contribution in [-0.2, 0) is 22.7 Å². The SMILES string of the molecule is C=CCNC(=O)[C@@H]1C[C@@H](CNC(=O)OCc2ccccc2)CN1CCn1c(=O)ccc2ccc(O)cc21. The van der Waals surface area contributed by atoms with Crippen molar-refractivity contribution in [3.8, 4) is 5.75 Å². The minimum atomic E-state index is -0.503. The first kappa shape index (κ1) is 26.0. The Morgan fingerprint density at radius 1 is 1.08 bits per heavy atom. The first-order chi connectivity index (χ1) is 17.9. The normalized spacial score (nSPS) is 17.4. The highest BCUT2D eigenvalue weighted by Gasteiger charge is 2.36. The molecule has 1 saturated heterocycles. The molecule has 0 aliphatic carbocycles. The van der Waals surface area contributed by atoms with Crippen LogP contribution >= 0.6 is 0 Å². The number of carbonyl (C=O) groups excluding carboxylic acids is 2. The van der Waals surface area contributed by atoms with Gasteiger partial charge >= 0.3 is 6.09 Å². The third-order valence-corrected chi connectivity index (χ3v) is 6.55. The van der Waals surface area contributed by atoms with Crippen LogP contribution in [0.3, 0.4) is 0 Å². The molecule has 0 unspecified atom stereocenters. The van der Waals surface area contributed by atoms with E-state index in [-0.39, 0.29) is 29.7 Å². The van der Waals surface area contributed by atoms with Crippen LogP contribution in [0.1, 0.15) is 12.0 Å². The minimum Gasteiger partial charge on any atom is -0.508 e. The van der Waals surface area contributed by atoms with Crippen LogP contribution in [0, 0.1) is 5.92 Å². The zero-order valence-electron chi connectivity index (χ0n) is 20.6. The van der Waals surface area contributed by atoms with E-state index in [2.05, 4.69) is 17.2 Å². The molecule has 1 aliphatic heterocycles. The smallest absolute Gasteiger partial charge is 0.407 e. The number of nitrogens with one attached hydrogen (secondary N) is 2. The van der Waals surface area contributed by atoms with Gasteiger partial charge in [0.05, 0.1) is 11.6 Å². The van der Waals surface area contributed by atoms with Crippen LogP contribution < -0.4 is 16.2 Å². The number of phenolic OH excluding ortho intramolecular Hbond substituents is 1. The molecule has 194 valence electrons. The monoisotopic (exact) mass is 504 g/mol. The Kier molecular flexibility index (Phi) is 8.58. The van der Waals surface area contributed by atoms with Crippen LogP contribution in [0.5, 0.6) is 5.75 Å². The predicted octanol–water partition coefficient (Wildman–Crippen LogP) is 2.63. The molecule has 4 rings (SSSR count). The van der Waals surface area contributed by atoms with Gasteiger partial charge in [-0.15, -0.1) is 6.58 Å². The van der Waals surface area contributed by atoms with E-state index in [1.807, 2.05) is 35.2 Å². The van der Waals surface area contributed by atoms with Crippen molar-refractivity contribution in [3.63, 3.8) is 0 Å². The van der Waals surface area contributed by atoms with Crippen molar-refractivity contribution in [2.45, 2.75) is 25.6 Å². The Bertz CT molecular complexity index is 1310. The number of pyridine rings is 1. The molecule has 9 heteroatoms. The number of hydrogen-bond donors (Lipinski definition) is 3. The van der Waals surface area contributed by atoms with Crippen molar-refractivity contribution >= 4 is 22.9 Å². The summed E-state index contributed by atoms with van der Waals surface area (Å²) in [5, 5.41) is 16.5. The molecule has 0 spiro atoms. The van der Waals surface area contributed by atoms with Crippen LogP contribution in [0.15, 0.2) is 78.1 Å². The van der Waals surface area contributed by atoms with E-state index in [4.69, 9.17) is 4.74 Å². The highest BCUT2D eigenvalue weighted by Crippen LogP contribution is 2.24. The molecular formula is C28H32N4O5. The summed E-state index contributed by atoms with van der Waals surface area (Å²) >= 11 is 0. The van der Waals surface area contributed by atoms with Crippen molar-refractivity contribution in [1.29, 1.82) is 0 Å². The van der Waals surface area contributed by atoms with Crippen molar-refractivity contribution in [2.24, 2.45) is 5.92 Å². The number of rotatable bonds is 10. The van der Waals surface area contributed by atoms with Gasteiger partial charge in [-0.25, -0.2) is 4.79 Å². The molecule has 0 bridgehead atoms. The van der Waals surface area contributed by atoms with Crippen LogP contribution in [-0.4, -0.2) is 58.8 Å². The lowest BCUT2D eigenvalue weighted by atomic mass is 10.1. The molecule has 2 atom stereocenters. The van der Waals surface area contributed by atoms with Crippen molar-refractivity contribution in [1.82, 2.24) is 20.1 Å². The summed E-state index contributed by atoms with van der Waals surface area (Å²) in [4.78, 5) is 39.8. The Labute approximate surface area is 215 Å². The molecule has 2 amide bonds. The molecule has 3 aromatic rings. The summed E-state index contributed by atoms with van der Waals surface area (Å²) in [5.41, 5.74) is 1.36. The molecule has 0 saturated carbocycles. The van der Waals surface area contributed by atoms with E-state index in [1.54, 1.807) is 34.9 Å². The molecule has 1 aromatic heterocycles. The zero-order chi connectivity index (χ0) is 26.2. The van der Waals surface area contributed by atoms with Crippen molar-refractivity contribution in [3.05, 3.63) is 89.2 Å². The second-order valence-corrected chi connectivity index (χ2v) is 9.16. The second-order valence-electron chi connectivity index (χ2n) is 9.16. The Balaban J connectivity index is 1.39. The highest BCUT2D eigenvalue weighted by atomic mass is 16.5. The Morgan fingerprint density at radius 2 is 1.86 bits per heavy atom. The van der Waals surface area contributed by atoms with Gasteiger partial charge in [0.15, 0.2) is 0 Å². The van der Waals surface area contributed by atoms with Gasteiger partial charge in [-0.1, -0.05) is 36.4 Å². The van der Waals surface area contributed by atoms with E-state index in [0.29, 0.717) is 44.7 Å². The van der Waals surface area contributed by atoms with E-state index in [9.17, 15) is 19.5 Å². The summed E-state index contributed by atoms with van der Waals surface area (Å²) in [6, 6.07) is 17.2. The third kappa shape index (κ3) is 6.77. The van der Waals surface area contributed by atoms with E-state index in [1.165, 1.54) is 6.07 Å². The van der Waals surface area contributed by atoms with Gasteiger partial charge in [-0.05, 0) is 41.5 Å². The lowest BCUT2D eigenvalue weighted by Gasteiger charge is -2.24. The molecule has 2 aromatic carbocycles. The molecule has 2 heterocycles. The number of hydrogen-bond acceptors (Lipinski definition) is 6. The summed E-state index contributed by atoms with van der Waals surface area (Å²) in [7, 11) is 0. The average molecular weight is 505 g/mol. The third-order valence-electron chi connectivity index (χ3n) is 6.55.